The van der Waals surface area contributed by atoms with Crippen molar-refractivity contribution in [1.29, 1.82) is 0 Å². The minimum atomic E-state index is -0.0980. The van der Waals surface area contributed by atoms with Gasteiger partial charge in [0.25, 0.3) is 0 Å². The van der Waals surface area contributed by atoms with Crippen LogP contribution in [0.25, 0.3) is 0 Å². The highest BCUT2D eigenvalue weighted by molar-refractivity contribution is 5.90. The summed E-state index contributed by atoms with van der Waals surface area (Å²) in [5.74, 6) is 0. The van der Waals surface area contributed by atoms with Crippen LogP contribution in [0.1, 0.15) is 33.1 Å². The minimum Gasteiger partial charge on any atom is -0.371 e. The number of anilines is 2. The molecule has 23 heavy (non-hydrogen) atoms. The molecule has 2 saturated heterocycles. The Morgan fingerprint density at radius 3 is 2.70 bits per heavy atom. The lowest BCUT2D eigenvalue weighted by Gasteiger charge is -2.21. The number of rotatable bonds is 4. The quantitative estimate of drug-likeness (QED) is 0.898. The van der Waals surface area contributed by atoms with Crippen LogP contribution in [0.5, 0.6) is 0 Å². The molecule has 0 saturated carbocycles. The lowest BCUT2D eigenvalue weighted by atomic mass is 10.2. The van der Waals surface area contributed by atoms with Crippen LogP contribution in [-0.4, -0.2) is 49.2 Å². The molecule has 1 aromatic rings. The maximum atomic E-state index is 12.2. The van der Waals surface area contributed by atoms with Gasteiger partial charge in [0, 0.05) is 49.6 Å². The summed E-state index contributed by atoms with van der Waals surface area (Å²) in [6.07, 6.45) is 3.54. The molecular formula is C18H28N4O. The van der Waals surface area contributed by atoms with E-state index in [-0.39, 0.29) is 12.1 Å². The van der Waals surface area contributed by atoms with Crippen LogP contribution in [0.4, 0.5) is 16.2 Å². The highest BCUT2D eigenvalue weighted by Gasteiger charge is 2.25. The van der Waals surface area contributed by atoms with Crippen LogP contribution in [0.3, 0.4) is 0 Å². The van der Waals surface area contributed by atoms with E-state index in [2.05, 4.69) is 46.4 Å². The van der Waals surface area contributed by atoms with Crippen LogP contribution in [0.15, 0.2) is 24.3 Å². The highest BCUT2D eigenvalue weighted by Crippen LogP contribution is 2.23. The highest BCUT2D eigenvalue weighted by atomic mass is 16.2. The van der Waals surface area contributed by atoms with E-state index in [9.17, 15) is 4.79 Å². The number of carbonyl (C=O) groups excluding carboxylic acids is 1. The molecule has 0 bridgehead atoms. The molecule has 5 heteroatoms. The zero-order valence-corrected chi connectivity index (χ0v) is 14.2. The van der Waals surface area contributed by atoms with Gasteiger partial charge in [-0.05, 0) is 51.3 Å². The fourth-order valence-corrected chi connectivity index (χ4v) is 3.48. The largest absolute Gasteiger partial charge is 0.371 e. The smallest absolute Gasteiger partial charge is 0.319 e. The lowest BCUT2D eigenvalue weighted by Crippen LogP contribution is -2.40. The van der Waals surface area contributed by atoms with Gasteiger partial charge in [0.1, 0.15) is 0 Å². The summed E-state index contributed by atoms with van der Waals surface area (Å²) in [7, 11) is 0. The summed E-state index contributed by atoms with van der Waals surface area (Å²) in [6.45, 7) is 8.64. The second-order valence-electron chi connectivity index (χ2n) is 6.92. The molecule has 0 spiro atoms. The van der Waals surface area contributed by atoms with Crippen LogP contribution in [0, 0.1) is 0 Å². The summed E-state index contributed by atoms with van der Waals surface area (Å²) >= 11 is 0. The third kappa shape index (κ3) is 4.16. The maximum Gasteiger partial charge on any atom is 0.319 e. The first-order valence-corrected chi connectivity index (χ1v) is 8.78. The Kier molecular flexibility index (Phi) is 5.06. The molecule has 3 rings (SSSR count). The topological polar surface area (TPSA) is 47.6 Å². The molecule has 2 fully saturated rings. The van der Waals surface area contributed by atoms with E-state index < -0.39 is 0 Å². The SMILES string of the molecule is CC(C)N1CC[C@H](NC(=O)Nc2cccc(N3CCCC3)c2)C1. The summed E-state index contributed by atoms with van der Waals surface area (Å²) in [5, 5.41) is 6.08. The van der Waals surface area contributed by atoms with Crippen molar-refractivity contribution in [3.63, 3.8) is 0 Å². The summed E-state index contributed by atoms with van der Waals surface area (Å²) < 4.78 is 0. The van der Waals surface area contributed by atoms with Crippen LogP contribution in [0.2, 0.25) is 0 Å². The van der Waals surface area contributed by atoms with E-state index in [1.54, 1.807) is 0 Å². The predicted molar refractivity (Wildman–Crippen MR) is 95.2 cm³/mol. The molecule has 1 aromatic carbocycles. The molecule has 1 atom stereocenters. The number of nitrogens with zero attached hydrogens (tertiary/aromatic N) is 2. The molecule has 0 radical (unpaired) electrons. The Bertz CT molecular complexity index is 540. The standard InChI is InChI=1S/C18H28N4O/c1-14(2)22-11-8-16(13-22)20-18(23)19-15-6-5-7-17(12-15)21-9-3-4-10-21/h5-7,12,14,16H,3-4,8-11,13H2,1-2H3,(H2,19,20,23)/t16-/m0/s1. The molecule has 0 unspecified atom stereocenters. The molecule has 2 aliphatic rings. The number of carbonyl (C=O) groups is 1. The monoisotopic (exact) mass is 316 g/mol. The number of nitrogens with one attached hydrogen (secondary N) is 2. The van der Waals surface area contributed by atoms with E-state index in [4.69, 9.17) is 0 Å². The van der Waals surface area contributed by atoms with E-state index >= 15 is 0 Å². The van der Waals surface area contributed by atoms with Crippen molar-refractivity contribution in [3.05, 3.63) is 24.3 Å². The van der Waals surface area contributed by atoms with Crippen molar-refractivity contribution in [3.8, 4) is 0 Å². The third-order valence-corrected chi connectivity index (χ3v) is 4.86. The minimum absolute atomic E-state index is 0.0980. The Hall–Kier alpha value is -1.75. The van der Waals surface area contributed by atoms with E-state index in [0.29, 0.717) is 6.04 Å². The van der Waals surface area contributed by atoms with Crippen molar-refractivity contribution >= 4 is 17.4 Å². The average molecular weight is 316 g/mol. The fraction of sp³-hybridized carbons (Fsp3) is 0.611. The van der Waals surface area contributed by atoms with Gasteiger partial charge < -0.3 is 15.5 Å². The molecule has 2 N–H and O–H groups in total. The number of benzene rings is 1. The van der Waals surface area contributed by atoms with Crippen molar-refractivity contribution in [1.82, 2.24) is 10.2 Å². The van der Waals surface area contributed by atoms with Gasteiger partial charge in [-0.15, -0.1) is 0 Å². The number of hydrogen-bond acceptors (Lipinski definition) is 3. The number of urea groups is 1. The van der Waals surface area contributed by atoms with Crippen LogP contribution in [-0.2, 0) is 0 Å². The van der Waals surface area contributed by atoms with Crippen molar-refractivity contribution in [2.24, 2.45) is 0 Å². The first-order chi connectivity index (χ1) is 11.1. The van der Waals surface area contributed by atoms with Gasteiger partial charge in [-0.2, -0.15) is 0 Å². The zero-order chi connectivity index (χ0) is 16.2. The van der Waals surface area contributed by atoms with Gasteiger partial charge in [0.15, 0.2) is 0 Å². The molecule has 0 aromatic heterocycles. The van der Waals surface area contributed by atoms with Crippen molar-refractivity contribution in [2.45, 2.75) is 45.2 Å². The summed E-state index contributed by atoms with van der Waals surface area (Å²) in [5.41, 5.74) is 2.07. The van der Waals surface area contributed by atoms with Gasteiger partial charge in [-0.1, -0.05) is 6.07 Å². The van der Waals surface area contributed by atoms with Crippen molar-refractivity contribution in [2.75, 3.05) is 36.4 Å². The number of hydrogen-bond donors (Lipinski definition) is 2. The van der Waals surface area contributed by atoms with Crippen LogP contribution >= 0.6 is 0 Å². The number of likely N-dealkylation sites (tertiary alicyclic amines) is 1. The second-order valence-corrected chi connectivity index (χ2v) is 6.92. The first kappa shape index (κ1) is 16.1. The maximum absolute atomic E-state index is 12.2. The normalized spacial score (nSPS) is 21.9. The molecule has 0 aliphatic carbocycles. The van der Waals surface area contributed by atoms with Crippen molar-refractivity contribution < 1.29 is 4.79 Å². The second kappa shape index (κ2) is 7.21. The first-order valence-electron chi connectivity index (χ1n) is 8.78. The van der Waals surface area contributed by atoms with E-state index in [1.807, 2.05) is 12.1 Å². The Labute approximate surface area is 139 Å². The molecule has 2 aliphatic heterocycles. The lowest BCUT2D eigenvalue weighted by molar-refractivity contribution is 0.244. The van der Waals surface area contributed by atoms with Gasteiger partial charge in [0.2, 0.25) is 0 Å². The fourth-order valence-electron chi connectivity index (χ4n) is 3.48. The van der Waals surface area contributed by atoms with Gasteiger partial charge >= 0.3 is 6.03 Å². The number of amides is 2. The van der Waals surface area contributed by atoms with E-state index in [1.165, 1.54) is 18.5 Å². The van der Waals surface area contributed by atoms with Gasteiger partial charge in [0.05, 0.1) is 0 Å². The van der Waals surface area contributed by atoms with Gasteiger partial charge in [-0.3, -0.25) is 4.90 Å². The molecule has 126 valence electrons. The van der Waals surface area contributed by atoms with Crippen LogP contribution < -0.4 is 15.5 Å². The summed E-state index contributed by atoms with van der Waals surface area (Å²) in [4.78, 5) is 17.0. The molecule has 2 amide bonds. The molecule has 2 heterocycles. The molecular weight excluding hydrogens is 288 g/mol. The predicted octanol–water partition coefficient (Wildman–Crippen LogP) is 2.89. The zero-order valence-electron chi connectivity index (χ0n) is 14.2. The molecule has 5 nitrogen and oxygen atoms in total. The Morgan fingerprint density at radius 2 is 2.00 bits per heavy atom. The van der Waals surface area contributed by atoms with E-state index in [0.717, 1.165) is 38.3 Å². The van der Waals surface area contributed by atoms with Gasteiger partial charge in [-0.25, -0.2) is 4.79 Å². The average Bonchev–Trinajstić information content (AvgIpc) is 3.18. The Morgan fingerprint density at radius 1 is 1.22 bits per heavy atom. The summed E-state index contributed by atoms with van der Waals surface area (Å²) in [6, 6.07) is 8.85. The Balaban J connectivity index is 1.53. The third-order valence-electron chi connectivity index (χ3n) is 4.86.